The molecule has 0 spiro atoms. The molecule has 0 aliphatic heterocycles. The molecular formula is C16H18O2. The van der Waals surface area contributed by atoms with Crippen LogP contribution in [0.1, 0.15) is 30.9 Å². The Bertz CT molecular complexity index is 558. The number of unbranched alkanes of at least 4 members (excludes halogenated alkanes) is 1. The van der Waals surface area contributed by atoms with Gasteiger partial charge in [0.25, 0.3) is 0 Å². The molecular weight excluding hydrogens is 224 g/mol. The van der Waals surface area contributed by atoms with Crippen LogP contribution in [0.4, 0.5) is 0 Å². The number of carbonyl (C=O) groups is 1. The molecule has 2 heteroatoms. The summed E-state index contributed by atoms with van der Waals surface area (Å²) in [6.45, 7) is 2.15. The second-order valence-corrected chi connectivity index (χ2v) is 4.60. The Hall–Kier alpha value is -1.83. The molecule has 0 heterocycles. The van der Waals surface area contributed by atoms with Gasteiger partial charge in [-0.2, -0.15) is 0 Å². The lowest BCUT2D eigenvalue weighted by Gasteiger charge is -2.11. The van der Waals surface area contributed by atoms with Crippen LogP contribution < -0.4 is 0 Å². The maximum Gasteiger partial charge on any atom is 0.307 e. The summed E-state index contributed by atoms with van der Waals surface area (Å²) in [7, 11) is 0. The Kier molecular flexibility index (Phi) is 3.98. The molecule has 0 saturated carbocycles. The third kappa shape index (κ3) is 2.70. The van der Waals surface area contributed by atoms with Gasteiger partial charge >= 0.3 is 5.97 Å². The zero-order valence-electron chi connectivity index (χ0n) is 10.6. The summed E-state index contributed by atoms with van der Waals surface area (Å²) in [6, 6.07) is 12.2. The largest absolute Gasteiger partial charge is 0.481 e. The van der Waals surface area contributed by atoms with Crippen LogP contribution in [0.25, 0.3) is 10.8 Å². The molecule has 1 N–H and O–H groups in total. The molecule has 0 aliphatic carbocycles. The van der Waals surface area contributed by atoms with Crippen LogP contribution >= 0.6 is 0 Å². The van der Waals surface area contributed by atoms with Gasteiger partial charge in [-0.05, 0) is 34.7 Å². The van der Waals surface area contributed by atoms with Crippen molar-refractivity contribution in [3.8, 4) is 0 Å². The van der Waals surface area contributed by atoms with Gasteiger partial charge in [-0.25, -0.2) is 0 Å². The zero-order valence-corrected chi connectivity index (χ0v) is 10.6. The third-order valence-corrected chi connectivity index (χ3v) is 3.27. The van der Waals surface area contributed by atoms with E-state index in [2.05, 4.69) is 19.1 Å². The Labute approximate surface area is 107 Å². The van der Waals surface area contributed by atoms with E-state index in [0.717, 1.165) is 35.6 Å². The lowest BCUT2D eigenvalue weighted by molar-refractivity contribution is -0.136. The second kappa shape index (κ2) is 5.67. The average Bonchev–Trinajstić information content (AvgIpc) is 2.37. The van der Waals surface area contributed by atoms with Crippen molar-refractivity contribution in [3.05, 3.63) is 47.5 Å². The summed E-state index contributed by atoms with van der Waals surface area (Å²) >= 11 is 0. The number of fused-ring (bicyclic) bond motifs is 1. The topological polar surface area (TPSA) is 37.3 Å². The monoisotopic (exact) mass is 242 g/mol. The molecule has 18 heavy (non-hydrogen) atoms. The van der Waals surface area contributed by atoms with Crippen LogP contribution in [0.15, 0.2) is 36.4 Å². The lowest BCUT2D eigenvalue weighted by atomic mass is 9.94. The molecule has 2 aromatic rings. The molecule has 2 aromatic carbocycles. The van der Waals surface area contributed by atoms with Gasteiger partial charge in [0.1, 0.15) is 0 Å². The smallest absolute Gasteiger partial charge is 0.307 e. The van der Waals surface area contributed by atoms with Gasteiger partial charge in [0, 0.05) is 0 Å². The Morgan fingerprint density at radius 2 is 1.94 bits per heavy atom. The maximum absolute atomic E-state index is 11.0. The fourth-order valence-corrected chi connectivity index (χ4v) is 2.34. The molecule has 0 amide bonds. The van der Waals surface area contributed by atoms with Crippen molar-refractivity contribution in [2.75, 3.05) is 0 Å². The minimum Gasteiger partial charge on any atom is -0.481 e. The van der Waals surface area contributed by atoms with Gasteiger partial charge in [0.15, 0.2) is 0 Å². The SMILES string of the molecule is CCCCc1ccc2ccccc2c1CC(=O)O. The molecule has 0 unspecified atom stereocenters. The number of hydrogen-bond acceptors (Lipinski definition) is 1. The minimum atomic E-state index is -0.760. The van der Waals surface area contributed by atoms with Crippen molar-refractivity contribution in [2.24, 2.45) is 0 Å². The van der Waals surface area contributed by atoms with E-state index in [1.807, 2.05) is 24.3 Å². The molecule has 0 aromatic heterocycles. The maximum atomic E-state index is 11.0. The third-order valence-electron chi connectivity index (χ3n) is 3.27. The highest BCUT2D eigenvalue weighted by Crippen LogP contribution is 2.24. The molecule has 0 atom stereocenters. The Balaban J connectivity index is 2.51. The summed E-state index contributed by atoms with van der Waals surface area (Å²) in [5, 5.41) is 11.3. The van der Waals surface area contributed by atoms with Crippen molar-refractivity contribution < 1.29 is 9.90 Å². The van der Waals surface area contributed by atoms with E-state index in [9.17, 15) is 4.79 Å². The number of carboxylic acids is 1. The van der Waals surface area contributed by atoms with E-state index in [1.165, 1.54) is 5.56 Å². The predicted octanol–water partition coefficient (Wildman–Crippen LogP) is 3.81. The highest BCUT2D eigenvalue weighted by atomic mass is 16.4. The van der Waals surface area contributed by atoms with E-state index in [-0.39, 0.29) is 6.42 Å². The van der Waals surface area contributed by atoms with Crippen molar-refractivity contribution in [1.29, 1.82) is 0 Å². The van der Waals surface area contributed by atoms with Crippen LogP contribution in [0.5, 0.6) is 0 Å². The first kappa shape index (κ1) is 12.6. The van der Waals surface area contributed by atoms with Crippen molar-refractivity contribution in [1.82, 2.24) is 0 Å². The molecule has 0 aliphatic rings. The normalized spacial score (nSPS) is 10.7. The average molecular weight is 242 g/mol. The molecule has 0 radical (unpaired) electrons. The Morgan fingerprint density at radius 3 is 2.67 bits per heavy atom. The van der Waals surface area contributed by atoms with Crippen molar-refractivity contribution in [3.63, 3.8) is 0 Å². The molecule has 0 saturated heterocycles. The molecule has 2 rings (SSSR count). The zero-order chi connectivity index (χ0) is 13.0. The standard InChI is InChI=1S/C16H18O2/c1-2-3-6-13-10-9-12-7-4-5-8-14(12)15(13)11-16(17)18/h4-5,7-10H,2-3,6,11H2,1H3,(H,17,18). The summed E-state index contributed by atoms with van der Waals surface area (Å²) in [5.41, 5.74) is 2.16. The fourth-order valence-electron chi connectivity index (χ4n) is 2.34. The van der Waals surface area contributed by atoms with Gasteiger partial charge < -0.3 is 5.11 Å². The van der Waals surface area contributed by atoms with Gasteiger partial charge in [0.05, 0.1) is 6.42 Å². The molecule has 0 fully saturated rings. The molecule has 94 valence electrons. The van der Waals surface area contributed by atoms with Crippen LogP contribution in [0.3, 0.4) is 0 Å². The number of aliphatic carboxylic acids is 1. The van der Waals surface area contributed by atoms with E-state index in [0.29, 0.717) is 0 Å². The van der Waals surface area contributed by atoms with Crippen LogP contribution in [0.2, 0.25) is 0 Å². The fraction of sp³-hybridized carbons (Fsp3) is 0.312. The van der Waals surface area contributed by atoms with Gasteiger partial charge in [-0.15, -0.1) is 0 Å². The summed E-state index contributed by atoms with van der Waals surface area (Å²) in [5.74, 6) is -0.760. The quantitative estimate of drug-likeness (QED) is 0.865. The number of aryl methyl sites for hydroxylation is 1. The number of hydrogen-bond donors (Lipinski definition) is 1. The van der Waals surface area contributed by atoms with Gasteiger partial charge in [0.2, 0.25) is 0 Å². The van der Waals surface area contributed by atoms with E-state index in [4.69, 9.17) is 5.11 Å². The summed E-state index contributed by atoms with van der Waals surface area (Å²) in [6.07, 6.45) is 3.30. The van der Waals surface area contributed by atoms with Gasteiger partial charge in [-0.3, -0.25) is 4.79 Å². The first-order chi connectivity index (χ1) is 8.72. The molecule has 2 nitrogen and oxygen atoms in total. The number of benzene rings is 2. The molecule has 0 bridgehead atoms. The lowest BCUT2D eigenvalue weighted by Crippen LogP contribution is -2.04. The van der Waals surface area contributed by atoms with Crippen LogP contribution in [0, 0.1) is 0 Å². The van der Waals surface area contributed by atoms with Gasteiger partial charge in [-0.1, -0.05) is 49.7 Å². The number of rotatable bonds is 5. The first-order valence-electron chi connectivity index (χ1n) is 6.43. The van der Waals surface area contributed by atoms with E-state index < -0.39 is 5.97 Å². The van der Waals surface area contributed by atoms with E-state index >= 15 is 0 Å². The van der Waals surface area contributed by atoms with Crippen LogP contribution in [-0.2, 0) is 17.6 Å². The van der Waals surface area contributed by atoms with Crippen LogP contribution in [-0.4, -0.2) is 11.1 Å². The minimum absolute atomic E-state index is 0.112. The summed E-state index contributed by atoms with van der Waals surface area (Å²) < 4.78 is 0. The predicted molar refractivity (Wildman–Crippen MR) is 73.9 cm³/mol. The Morgan fingerprint density at radius 1 is 1.17 bits per heavy atom. The van der Waals surface area contributed by atoms with E-state index in [1.54, 1.807) is 0 Å². The second-order valence-electron chi connectivity index (χ2n) is 4.60. The first-order valence-corrected chi connectivity index (χ1v) is 6.43. The van der Waals surface area contributed by atoms with Crippen molar-refractivity contribution in [2.45, 2.75) is 32.6 Å². The number of carboxylic acid groups (broad SMARTS) is 1. The highest BCUT2D eigenvalue weighted by molar-refractivity contribution is 5.89. The highest BCUT2D eigenvalue weighted by Gasteiger charge is 2.10. The van der Waals surface area contributed by atoms with Crippen molar-refractivity contribution >= 4 is 16.7 Å². The summed E-state index contributed by atoms with van der Waals surface area (Å²) in [4.78, 5) is 11.0.